The van der Waals surface area contributed by atoms with Crippen molar-refractivity contribution in [3.05, 3.63) is 53.6 Å². The van der Waals surface area contributed by atoms with E-state index in [0.717, 1.165) is 12.1 Å². The highest BCUT2D eigenvalue weighted by Crippen LogP contribution is 2.34. The first-order valence-corrected chi connectivity index (χ1v) is 5.64. The highest BCUT2D eigenvalue weighted by atomic mass is 19.4. The van der Waals surface area contributed by atoms with E-state index in [0.29, 0.717) is 11.4 Å². The second-order valence-electron chi connectivity index (χ2n) is 4.08. The van der Waals surface area contributed by atoms with Crippen molar-refractivity contribution in [3.63, 3.8) is 0 Å². The van der Waals surface area contributed by atoms with Crippen LogP contribution >= 0.6 is 0 Å². The molecule has 2 aromatic carbocycles. The van der Waals surface area contributed by atoms with E-state index in [1.54, 1.807) is 24.3 Å². The third kappa shape index (κ3) is 2.83. The Morgan fingerprint density at radius 2 is 1.80 bits per heavy atom. The number of nitrogens with zero attached hydrogens (tertiary/aromatic N) is 1. The summed E-state index contributed by atoms with van der Waals surface area (Å²) >= 11 is 0. The number of hydrogen-bond donors (Lipinski definition) is 2. The summed E-state index contributed by atoms with van der Waals surface area (Å²) < 4.78 is 38.5. The van der Waals surface area contributed by atoms with Gasteiger partial charge in [-0.3, -0.25) is 0 Å². The van der Waals surface area contributed by atoms with Gasteiger partial charge in [-0.2, -0.15) is 18.4 Å². The number of nitrogen functional groups attached to an aromatic ring is 1. The molecule has 0 heterocycles. The number of nitrogens with two attached hydrogens (primary N) is 1. The van der Waals surface area contributed by atoms with Crippen molar-refractivity contribution >= 4 is 17.1 Å². The predicted molar refractivity (Wildman–Crippen MR) is 70.3 cm³/mol. The molecule has 0 aliphatic rings. The Balaban J connectivity index is 2.40. The van der Waals surface area contributed by atoms with Crippen molar-refractivity contribution in [3.8, 4) is 6.07 Å². The number of nitriles is 1. The zero-order valence-corrected chi connectivity index (χ0v) is 10.2. The van der Waals surface area contributed by atoms with Crippen LogP contribution in [0.3, 0.4) is 0 Å². The predicted octanol–water partition coefficient (Wildman–Crippen LogP) is 3.90. The molecule has 0 spiro atoms. The number of rotatable bonds is 2. The highest BCUT2D eigenvalue weighted by Gasteiger charge is 2.33. The molecule has 6 heteroatoms. The fraction of sp³-hybridized carbons (Fsp3) is 0.0714. The number of anilines is 3. The summed E-state index contributed by atoms with van der Waals surface area (Å²) in [7, 11) is 0. The Kier molecular flexibility index (Phi) is 3.53. The molecule has 0 amide bonds. The molecular formula is C14H10F3N3. The summed E-state index contributed by atoms with van der Waals surface area (Å²) in [6.07, 6.45) is -4.58. The molecule has 20 heavy (non-hydrogen) atoms. The first-order valence-electron chi connectivity index (χ1n) is 5.64. The van der Waals surface area contributed by atoms with Crippen LogP contribution in [0.15, 0.2) is 42.5 Å². The van der Waals surface area contributed by atoms with E-state index in [2.05, 4.69) is 5.32 Å². The fourth-order valence-electron chi connectivity index (χ4n) is 1.72. The quantitative estimate of drug-likeness (QED) is 0.818. The van der Waals surface area contributed by atoms with Gasteiger partial charge in [0.25, 0.3) is 0 Å². The maximum atomic E-state index is 12.8. The van der Waals surface area contributed by atoms with E-state index in [-0.39, 0.29) is 5.69 Å². The van der Waals surface area contributed by atoms with E-state index < -0.39 is 17.3 Å². The van der Waals surface area contributed by atoms with Gasteiger partial charge in [0, 0.05) is 5.69 Å². The van der Waals surface area contributed by atoms with Crippen LogP contribution in [-0.2, 0) is 6.18 Å². The summed E-state index contributed by atoms with van der Waals surface area (Å²) in [5.41, 5.74) is 5.47. The Hall–Kier alpha value is -2.68. The molecule has 0 aliphatic heterocycles. The van der Waals surface area contributed by atoms with Crippen LogP contribution in [-0.4, -0.2) is 0 Å². The smallest absolute Gasteiger partial charge is 0.397 e. The van der Waals surface area contributed by atoms with Gasteiger partial charge < -0.3 is 11.1 Å². The van der Waals surface area contributed by atoms with Crippen molar-refractivity contribution in [2.45, 2.75) is 6.18 Å². The lowest BCUT2D eigenvalue weighted by Crippen LogP contribution is -2.08. The van der Waals surface area contributed by atoms with Gasteiger partial charge in [-0.25, -0.2) is 0 Å². The molecule has 0 radical (unpaired) electrons. The van der Waals surface area contributed by atoms with Crippen LogP contribution in [0.1, 0.15) is 11.1 Å². The zero-order valence-electron chi connectivity index (χ0n) is 10.2. The molecule has 102 valence electrons. The molecule has 2 rings (SSSR count). The molecule has 0 bridgehead atoms. The molecule has 3 N–H and O–H groups in total. The molecule has 2 aromatic rings. The van der Waals surface area contributed by atoms with E-state index >= 15 is 0 Å². The average molecular weight is 277 g/mol. The Bertz CT molecular complexity index is 672. The molecule has 0 fully saturated rings. The van der Waals surface area contributed by atoms with E-state index in [1.807, 2.05) is 0 Å². The van der Waals surface area contributed by atoms with E-state index in [9.17, 15) is 13.2 Å². The van der Waals surface area contributed by atoms with Crippen LogP contribution < -0.4 is 11.1 Å². The first-order chi connectivity index (χ1) is 9.41. The minimum absolute atomic E-state index is 0.217. The van der Waals surface area contributed by atoms with Crippen LogP contribution in [0.5, 0.6) is 0 Å². The van der Waals surface area contributed by atoms with Gasteiger partial charge >= 0.3 is 6.18 Å². The summed E-state index contributed by atoms with van der Waals surface area (Å²) in [6, 6.07) is 11.7. The molecule has 0 aliphatic carbocycles. The third-order valence-corrected chi connectivity index (χ3v) is 2.69. The first kappa shape index (κ1) is 13.7. The van der Waals surface area contributed by atoms with Crippen LogP contribution in [0, 0.1) is 11.3 Å². The van der Waals surface area contributed by atoms with Gasteiger partial charge in [0.05, 0.1) is 28.6 Å². The van der Waals surface area contributed by atoms with Crippen LogP contribution in [0.2, 0.25) is 0 Å². The summed E-state index contributed by atoms with van der Waals surface area (Å²) in [6.45, 7) is 0. The van der Waals surface area contributed by atoms with Crippen molar-refractivity contribution < 1.29 is 13.2 Å². The lowest BCUT2D eigenvalue weighted by molar-refractivity contribution is -0.137. The van der Waals surface area contributed by atoms with Crippen molar-refractivity contribution in [1.29, 1.82) is 5.26 Å². The van der Waals surface area contributed by atoms with E-state index in [1.165, 1.54) is 12.1 Å². The largest absolute Gasteiger partial charge is 0.417 e. The van der Waals surface area contributed by atoms with Crippen molar-refractivity contribution in [1.82, 2.24) is 0 Å². The lowest BCUT2D eigenvalue weighted by atomic mass is 10.1. The molecule has 0 aromatic heterocycles. The number of halogens is 3. The SMILES string of the molecule is N#Cc1ccc(Nc2ccccc2N)cc1C(F)(F)F. The number of para-hydroxylation sites is 2. The number of hydrogen-bond acceptors (Lipinski definition) is 3. The molecule has 0 unspecified atom stereocenters. The minimum atomic E-state index is -4.58. The minimum Gasteiger partial charge on any atom is -0.397 e. The van der Waals surface area contributed by atoms with E-state index in [4.69, 9.17) is 11.0 Å². The monoisotopic (exact) mass is 277 g/mol. The second kappa shape index (κ2) is 5.13. The maximum Gasteiger partial charge on any atom is 0.417 e. The molecule has 3 nitrogen and oxygen atoms in total. The highest BCUT2D eigenvalue weighted by molar-refractivity contribution is 5.73. The molecule has 0 saturated heterocycles. The summed E-state index contributed by atoms with van der Waals surface area (Å²) in [5.74, 6) is 0. The second-order valence-corrected chi connectivity index (χ2v) is 4.08. The van der Waals surface area contributed by atoms with Gasteiger partial charge in [0.15, 0.2) is 0 Å². The maximum absolute atomic E-state index is 12.8. The Labute approximate surface area is 113 Å². The normalized spacial score (nSPS) is 10.9. The number of benzene rings is 2. The van der Waals surface area contributed by atoms with Crippen LogP contribution in [0.25, 0.3) is 0 Å². The van der Waals surface area contributed by atoms with Crippen molar-refractivity contribution in [2.75, 3.05) is 11.1 Å². The fourth-order valence-corrected chi connectivity index (χ4v) is 1.72. The Morgan fingerprint density at radius 3 is 2.40 bits per heavy atom. The van der Waals surface area contributed by atoms with Gasteiger partial charge in [0.1, 0.15) is 0 Å². The lowest BCUT2D eigenvalue weighted by Gasteiger charge is -2.13. The molecule has 0 atom stereocenters. The number of nitrogens with one attached hydrogen (secondary N) is 1. The average Bonchev–Trinajstić information content (AvgIpc) is 2.40. The van der Waals surface area contributed by atoms with Crippen LogP contribution in [0.4, 0.5) is 30.2 Å². The van der Waals surface area contributed by atoms with Gasteiger partial charge in [-0.1, -0.05) is 12.1 Å². The third-order valence-electron chi connectivity index (χ3n) is 2.69. The van der Waals surface area contributed by atoms with Gasteiger partial charge in [0.2, 0.25) is 0 Å². The molecule has 0 saturated carbocycles. The molecular weight excluding hydrogens is 267 g/mol. The van der Waals surface area contributed by atoms with Gasteiger partial charge in [-0.05, 0) is 30.3 Å². The summed E-state index contributed by atoms with van der Waals surface area (Å²) in [5, 5.41) is 11.5. The standard InChI is InChI=1S/C14H10F3N3/c15-14(16,17)11-7-10(6-5-9(11)8-18)20-13-4-2-1-3-12(13)19/h1-7,20H,19H2. The number of alkyl halides is 3. The zero-order chi connectivity index (χ0) is 14.8. The summed E-state index contributed by atoms with van der Waals surface area (Å²) in [4.78, 5) is 0. The van der Waals surface area contributed by atoms with Crippen molar-refractivity contribution in [2.24, 2.45) is 0 Å². The Morgan fingerprint density at radius 1 is 1.10 bits per heavy atom. The van der Waals surface area contributed by atoms with Gasteiger partial charge in [-0.15, -0.1) is 0 Å². The topological polar surface area (TPSA) is 61.8 Å².